The molecule has 198 valence electrons. The number of thioether (sulfide) groups is 1. The molecule has 0 aliphatic heterocycles. The van der Waals surface area contributed by atoms with Crippen LogP contribution < -0.4 is 10.1 Å². The number of carbonyl (C=O) groups excluding carboxylic acids is 1. The Bertz CT molecular complexity index is 1450. The maximum absolute atomic E-state index is 13.3. The van der Waals surface area contributed by atoms with Crippen molar-refractivity contribution >= 4 is 35.8 Å². The molecule has 7 heteroatoms. The normalized spacial score (nSPS) is 11.7. The average Bonchev–Trinajstić information content (AvgIpc) is 2.95. The van der Waals surface area contributed by atoms with Gasteiger partial charge in [-0.1, -0.05) is 60.7 Å². The first kappa shape index (κ1) is 27.7. The zero-order valence-corrected chi connectivity index (χ0v) is 22.7. The van der Waals surface area contributed by atoms with Crippen molar-refractivity contribution in [3.05, 3.63) is 113 Å². The fourth-order valence-electron chi connectivity index (χ4n) is 4.04. The van der Waals surface area contributed by atoms with Crippen LogP contribution >= 0.6 is 11.8 Å². The summed E-state index contributed by atoms with van der Waals surface area (Å²) in [7, 11) is 0. The van der Waals surface area contributed by atoms with E-state index in [9.17, 15) is 14.7 Å². The summed E-state index contributed by atoms with van der Waals surface area (Å²) in [6.07, 6.45) is 7.90. The molecule has 0 saturated carbocycles. The van der Waals surface area contributed by atoms with Crippen molar-refractivity contribution in [2.75, 3.05) is 12.0 Å². The first-order valence-corrected chi connectivity index (χ1v) is 13.9. The minimum Gasteiger partial charge on any atom is -0.480 e. The van der Waals surface area contributed by atoms with Gasteiger partial charge in [-0.2, -0.15) is 11.8 Å². The van der Waals surface area contributed by atoms with Crippen molar-refractivity contribution in [2.24, 2.45) is 0 Å². The Balaban J connectivity index is 1.58. The Kier molecular flexibility index (Phi) is 9.53. The van der Waals surface area contributed by atoms with Gasteiger partial charge in [-0.05, 0) is 83.5 Å². The van der Waals surface area contributed by atoms with E-state index >= 15 is 0 Å². The minimum absolute atomic E-state index is 0.353. The van der Waals surface area contributed by atoms with Crippen LogP contribution in [-0.4, -0.2) is 40.0 Å². The third kappa shape index (κ3) is 7.58. The van der Waals surface area contributed by atoms with Crippen molar-refractivity contribution in [3.8, 4) is 22.8 Å². The summed E-state index contributed by atoms with van der Waals surface area (Å²) in [6, 6.07) is 25.7. The van der Waals surface area contributed by atoms with E-state index in [0.717, 1.165) is 33.6 Å². The monoisotopic (exact) mass is 538 g/mol. The lowest BCUT2D eigenvalue weighted by atomic mass is 9.93. The smallest absolute Gasteiger partial charge is 0.326 e. The summed E-state index contributed by atoms with van der Waals surface area (Å²) >= 11 is 1.55. The van der Waals surface area contributed by atoms with Crippen LogP contribution in [0.4, 0.5) is 0 Å². The molecule has 1 amide bonds. The number of pyridine rings is 1. The minimum atomic E-state index is -1.04. The van der Waals surface area contributed by atoms with Gasteiger partial charge >= 0.3 is 5.97 Å². The van der Waals surface area contributed by atoms with Gasteiger partial charge in [0, 0.05) is 17.8 Å². The second kappa shape index (κ2) is 13.4. The average molecular weight is 539 g/mol. The van der Waals surface area contributed by atoms with E-state index in [1.54, 1.807) is 24.0 Å². The second-order valence-electron chi connectivity index (χ2n) is 8.94. The Labute approximate surface area is 232 Å². The highest BCUT2D eigenvalue weighted by Crippen LogP contribution is 2.29. The zero-order valence-electron chi connectivity index (χ0n) is 21.8. The molecule has 0 radical (unpaired) electrons. The van der Waals surface area contributed by atoms with E-state index in [0.29, 0.717) is 23.6 Å². The molecule has 3 aromatic carbocycles. The van der Waals surface area contributed by atoms with Crippen molar-refractivity contribution in [1.29, 1.82) is 0 Å². The second-order valence-corrected chi connectivity index (χ2v) is 9.93. The predicted molar refractivity (Wildman–Crippen MR) is 158 cm³/mol. The van der Waals surface area contributed by atoms with Gasteiger partial charge in [-0.25, -0.2) is 9.78 Å². The standard InChI is InChI=1S/C32H30N2O4S/c1-22-8-6-7-11-26(22)28-20-23(14-16-27(28)31(35)34-29(32(36)37)18-19-39-2)12-13-24-15-17-30(33-21-24)38-25-9-4-3-5-10-25/h3-17,20-21,29H,18-19H2,1-2H3,(H,34,35)(H,36,37)/b13-12+. The van der Waals surface area contributed by atoms with Crippen LogP contribution in [0.3, 0.4) is 0 Å². The van der Waals surface area contributed by atoms with Crippen molar-refractivity contribution in [3.63, 3.8) is 0 Å². The largest absolute Gasteiger partial charge is 0.480 e. The maximum atomic E-state index is 13.3. The first-order chi connectivity index (χ1) is 18.9. The van der Waals surface area contributed by atoms with E-state index in [-0.39, 0.29) is 0 Å². The molecule has 0 aliphatic carbocycles. The Hall–Kier alpha value is -4.36. The molecule has 0 fully saturated rings. The number of nitrogens with zero attached hydrogens (tertiary/aromatic N) is 1. The first-order valence-electron chi connectivity index (χ1n) is 12.5. The van der Waals surface area contributed by atoms with Gasteiger partial charge in [0.05, 0.1) is 0 Å². The molecule has 0 aliphatic rings. The topological polar surface area (TPSA) is 88.5 Å². The number of aryl methyl sites for hydroxylation is 1. The highest BCUT2D eigenvalue weighted by molar-refractivity contribution is 7.98. The summed E-state index contributed by atoms with van der Waals surface area (Å²) in [4.78, 5) is 29.4. The fourth-order valence-corrected chi connectivity index (χ4v) is 4.51. The number of ether oxygens (including phenoxy) is 1. The van der Waals surface area contributed by atoms with Gasteiger partial charge < -0.3 is 15.2 Å². The molecule has 1 atom stereocenters. The molecule has 0 spiro atoms. The number of nitrogens with one attached hydrogen (secondary N) is 1. The maximum Gasteiger partial charge on any atom is 0.326 e. The lowest BCUT2D eigenvalue weighted by molar-refractivity contribution is -0.139. The molecular formula is C32H30N2O4S. The number of carbonyl (C=O) groups is 2. The number of para-hydroxylation sites is 1. The van der Waals surface area contributed by atoms with Gasteiger partial charge in [0.2, 0.25) is 5.88 Å². The van der Waals surface area contributed by atoms with Gasteiger partial charge in [-0.3, -0.25) is 4.79 Å². The Morgan fingerprint density at radius 3 is 2.36 bits per heavy atom. The molecular weight excluding hydrogens is 508 g/mol. The molecule has 1 unspecified atom stereocenters. The van der Waals surface area contributed by atoms with Crippen LogP contribution in [0.1, 0.15) is 33.5 Å². The van der Waals surface area contributed by atoms with Crippen LogP contribution in [-0.2, 0) is 4.79 Å². The highest BCUT2D eigenvalue weighted by Gasteiger charge is 2.22. The van der Waals surface area contributed by atoms with Crippen molar-refractivity contribution < 1.29 is 19.4 Å². The zero-order chi connectivity index (χ0) is 27.6. The van der Waals surface area contributed by atoms with Crippen molar-refractivity contribution in [1.82, 2.24) is 10.3 Å². The molecule has 39 heavy (non-hydrogen) atoms. The quantitative estimate of drug-likeness (QED) is 0.215. The predicted octanol–water partition coefficient (Wildman–Crippen LogP) is 6.96. The van der Waals surface area contributed by atoms with Crippen LogP contribution in [0.5, 0.6) is 11.6 Å². The van der Waals surface area contributed by atoms with E-state index in [1.807, 2.05) is 104 Å². The molecule has 4 aromatic rings. The van der Waals surface area contributed by atoms with E-state index in [2.05, 4.69) is 10.3 Å². The van der Waals surface area contributed by atoms with Gasteiger partial charge in [0.15, 0.2) is 0 Å². The third-order valence-electron chi connectivity index (χ3n) is 6.13. The van der Waals surface area contributed by atoms with Crippen LogP contribution in [0.2, 0.25) is 0 Å². The van der Waals surface area contributed by atoms with Gasteiger partial charge in [0.25, 0.3) is 5.91 Å². The number of benzene rings is 3. The molecule has 0 bridgehead atoms. The van der Waals surface area contributed by atoms with Crippen LogP contribution in [0.15, 0.2) is 91.1 Å². The summed E-state index contributed by atoms with van der Waals surface area (Å²) in [5, 5.41) is 12.3. The molecule has 4 rings (SSSR count). The number of amides is 1. The van der Waals surface area contributed by atoms with Crippen LogP contribution in [0.25, 0.3) is 23.3 Å². The van der Waals surface area contributed by atoms with E-state index in [1.165, 1.54) is 0 Å². The number of rotatable bonds is 11. The Morgan fingerprint density at radius 1 is 0.949 bits per heavy atom. The van der Waals surface area contributed by atoms with Gasteiger partial charge in [-0.15, -0.1) is 0 Å². The summed E-state index contributed by atoms with van der Waals surface area (Å²) in [5.74, 6) is 0.423. The third-order valence-corrected chi connectivity index (χ3v) is 6.77. The number of carboxylic acids is 1. The number of aromatic nitrogens is 1. The fraction of sp³-hybridized carbons (Fsp3) is 0.156. The van der Waals surface area contributed by atoms with Crippen molar-refractivity contribution in [2.45, 2.75) is 19.4 Å². The summed E-state index contributed by atoms with van der Waals surface area (Å²) < 4.78 is 5.76. The lowest BCUT2D eigenvalue weighted by Crippen LogP contribution is -2.41. The number of carboxylic acid groups (broad SMARTS) is 1. The molecule has 1 heterocycles. The molecule has 6 nitrogen and oxygen atoms in total. The van der Waals surface area contributed by atoms with E-state index < -0.39 is 17.9 Å². The summed E-state index contributed by atoms with van der Waals surface area (Å²) in [6.45, 7) is 1.99. The highest BCUT2D eigenvalue weighted by atomic mass is 32.2. The SMILES string of the molecule is CSCCC(NC(=O)c1ccc(/C=C/c2ccc(Oc3ccccc3)nc2)cc1-c1ccccc1C)C(=O)O. The number of hydrogen-bond donors (Lipinski definition) is 2. The molecule has 0 saturated heterocycles. The number of aliphatic carboxylic acids is 1. The molecule has 1 aromatic heterocycles. The Morgan fingerprint density at radius 2 is 1.67 bits per heavy atom. The van der Waals surface area contributed by atoms with Gasteiger partial charge in [0.1, 0.15) is 11.8 Å². The summed E-state index contributed by atoms with van der Waals surface area (Å²) in [5.41, 5.74) is 4.90. The molecule has 2 N–H and O–H groups in total. The lowest BCUT2D eigenvalue weighted by Gasteiger charge is -2.17. The number of hydrogen-bond acceptors (Lipinski definition) is 5. The van der Waals surface area contributed by atoms with Crippen LogP contribution in [0, 0.1) is 6.92 Å². The van der Waals surface area contributed by atoms with E-state index in [4.69, 9.17) is 4.74 Å².